The molecule has 2 rings (SSSR count). The number of rotatable bonds is 8. The van der Waals surface area contributed by atoms with Crippen LogP contribution in [0.2, 0.25) is 0 Å². The molecule has 4 nitrogen and oxygen atoms in total. The Hall–Kier alpha value is -2.36. The molecule has 1 N–H and O–H groups in total. The van der Waals surface area contributed by atoms with Crippen molar-refractivity contribution in [2.75, 3.05) is 26.1 Å². The van der Waals surface area contributed by atoms with E-state index in [1.165, 1.54) is 5.56 Å². The lowest BCUT2D eigenvalue weighted by molar-refractivity contribution is 0.234. The first-order valence-corrected chi connectivity index (χ1v) is 8.26. The molecule has 0 fully saturated rings. The second-order valence-electron chi connectivity index (χ2n) is 6.10. The highest BCUT2D eigenvalue weighted by atomic mass is 16.5. The van der Waals surface area contributed by atoms with Crippen molar-refractivity contribution < 1.29 is 14.2 Å². The van der Waals surface area contributed by atoms with Gasteiger partial charge in [-0.15, -0.1) is 0 Å². The first-order valence-electron chi connectivity index (χ1n) is 8.26. The van der Waals surface area contributed by atoms with Crippen LogP contribution in [0.15, 0.2) is 42.5 Å². The van der Waals surface area contributed by atoms with Crippen LogP contribution in [0.3, 0.4) is 0 Å². The molecule has 1 unspecified atom stereocenters. The third-order valence-corrected chi connectivity index (χ3v) is 3.87. The summed E-state index contributed by atoms with van der Waals surface area (Å²) in [6.45, 7) is 7.07. The maximum Gasteiger partial charge on any atom is 0.142 e. The third-order valence-electron chi connectivity index (χ3n) is 3.87. The molecule has 0 amide bonds. The number of hydrogen-bond acceptors (Lipinski definition) is 4. The van der Waals surface area contributed by atoms with Crippen LogP contribution >= 0.6 is 0 Å². The Balaban J connectivity index is 1.94. The van der Waals surface area contributed by atoms with E-state index in [1.54, 1.807) is 14.2 Å². The first kappa shape index (κ1) is 18.0. The molecule has 24 heavy (non-hydrogen) atoms. The first-order chi connectivity index (χ1) is 11.5. The third kappa shape index (κ3) is 4.82. The van der Waals surface area contributed by atoms with Crippen LogP contribution in [0, 0.1) is 0 Å². The largest absolute Gasteiger partial charge is 0.497 e. The Morgan fingerprint density at radius 2 is 1.54 bits per heavy atom. The van der Waals surface area contributed by atoms with Gasteiger partial charge in [-0.1, -0.05) is 26.0 Å². The van der Waals surface area contributed by atoms with Gasteiger partial charge in [0.25, 0.3) is 0 Å². The number of ether oxygens (including phenoxy) is 3. The van der Waals surface area contributed by atoms with E-state index in [0.717, 1.165) is 22.9 Å². The van der Waals surface area contributed by atoms with Crippen molar-refractivity contribution >= 4 is 5.69 Å². The molecule has 0 bridgehead atoms. The zero-order valence-corrected chi connectivity index (χ0v) is 15.1. The molecule has 2 aromatic rings. The van der Waals surface area contributed by atoms with Crippen LogP contribution < -0.4 is 19.5 Å². The minimum atomic E-state index is 0.0193. The van der Waals surface area contributed by atoms with Gasteiger partial charge in [0, 0.05) is 6.07 Å². The average molecular weight is 329 g/mol. The van der Waals surface area contributed by atoms with Crippen LogP contribution in [0.25, 0.3) is 0 Å². The van der Waals surface area contributed by atoms with E-state index in [-0.39, 0.29) is 6.10 Å². The van der Waals surface area contributed by atoms with Gasteiger partial charge in [0.1, 0.15) is 23.4 Å². The summed E-state index contributed by atoms with van der Waals surface area (Å²) in [4.78, 5) is 0. The van der Waals surface area contributed by atoms with E-state index in [0.29, 0.717) is 12.5 Å². The van der Waals surface area contributed by atoms with E-state index in [4.69, 9.17) is 14.2 Å². The number of anilines is 1. The standard InChI is InChI=1S/C20H27NO3/c1-14(2)16-6-8-17(9-7-16)24-15(3)13-21-19-12-18(22-4)10-11-20(19)23-5/h6-12,14-15,21H,13H2,1-5H3. The minimum absolute atomic E-state index is 0.0193. The molecule has 0 spiro atoms. The summed E-state index contributed by atoms with van der Waals surface area (Å²) in [5, 5.41) is 3.36. The Labute approximate surface area is 144 Å². The minimum Gasteiger partial charge on any atom is -0.497 e. The van der Waals surface area contributed by atoms with Gasteiger partial charge in [-0.25, -0.2) is 0 Å². The predicted molar refractivity (Wildman–Crippen MR) is 98.7 cm³/mol. The van der Waals surface area contributed by atoms with Crippen molar-refractivity contribution in [1.29, 1.82) is 0 Å². The van der Waals surface area contributed by atoms with Gasteiger partial charge in [0.15, 0.2) is 0 Å². The number of nitrogens with one attached hydrogen (secondary N) is 1. The van der Waals surface area contributed by atoms with Gasteiger partial charge in [-0.05, 0) is 42.7 Å². The SMILES string of the molecule is COc1ccc(OC)c(NCC(C)Oc2ccc(C(C)C)cc2)c1. The molecule has 0 heterocycles. The fourth-order valence-electron chi connectivity index (χ4n) is 2.41. The van der Waals surface area contributed by atoms with E-state index in [1.807, 2.05) is 37.3 Å². The van der Waals surface area contributed by atoms with Gasteiger partial charge in [-0.3, -0.25) is 0 Å². The van der Waals surface area contributed by atoms with Crippen LogP contribution in [0.4, 0.5) is 5.69 Å². The number of benzene rings is 2. The molecular formula is C20H27NO3. The Bertz CT molecular complexity index is 638. The van der Waals surface area contributed by atoms with Crippen molar-refractivity contribution in [2.45, 2.75) is 32.8 Å². The van der Waals surface area contributed by atoms with Crippen LogP contribution in [0.5, 0.6) is 17.2 Å². The van der Waals surface area contributed by atoms with Crippen molar-refractivity contribution in [3.63, 3.8) is 0 Å². The Kier molecular flexibility index (Phi) is 6.36. The van der Waals surface area contributed by atoms with Crippen molar-refractivity contribution in [3.05, 3.63) is 48.0 Å². The molecule has 0 radical (unpaired) electrons. The second-order valence-corrected chi connectivity index (χ2v) is 6.10. The summed E-state index contributed by atoms with van der Waals surface area (Å²) in [7, 11) is 3.31. The lowest BCUT2D eigenvalue weighted by Crippen LogP contribution is -2.22. The summed E-state index contributed by atoms with van der Waals surface area (Å²) in [5.41, 5.74) is 2.21. The molecular weight excluding hydrogens is 302 g/mol. The molecule has 0 aromatic heterocycles. The van der Waals surface area contributed by atoms with Crippen LogP contribution in [0.1, 0.15) is 32.3 Å². The highest BCUT2D eigenvalue weighted by Gasteiger charge is 2.09. The summed E-state index contributed by atoms with van der Waals surface area (Å²) >= 11 is 0. The molecule has 0 aliphatic heterocycles. The quantitative estimate of drug-likeness (QED) is 0.761. The van der Waals surface area contributed by atoms with Crippen molar-refractivity contribution in [1.82, 2.24) is 0 Å². The van der Waals surface area contributed by atoms with E-state index < -0.39 is 0 Å². The highest BCUT2D eigenvalue weighted by Crippen LogP contribution is 2.29. The van der Waals surface area contributed by atoms with Gasteiger partial charge in [0.2, 0.25) is 0 Å². The summed E-state index contributed by atoms with van der Waals surface area (Å²) in [6.07, 6.45) is 0.0193. The summed E-state index contributed by atoms with van der Waals surface area (Å²) in [6, 6.07) is 14.0. The van der Waals surface area contributed by atoms with Crippen LogP contribution in [-0.2, 0) is 0 Å². The summed E-state index contributed by atoms with van der Waals surface area (Å²) < 4.78 is 16.6. The second kappa shape index (κ2) is 8.48. The molecule has 0 saturated heterocycles. The fourth-order valence-corrected chi connectivity index (χ4v) is 2.41. The Morgan fingerprint density at radius 1 is 0.875 bits per heavy atom. The van der Waals surface area contributed by atoms with Crippen molar-refractivity contribution in [2.24, 2.45) is 0 Å². The molecule has 1 atom stereocenters. The molecule has 0 aliphatic rings. The number of hydrogen-bond donors (Lipinski definition) is 1. The number of methoxy groups -OCH3 is 2. The zero-order valence-electron chi connectivity index (χ0n) is 15.1. The maximum atomic E-state index is 5.97. The van der Waals surface area contributed by atoms with E-state index >= 15 is 0 Å². The van der Waals surface area contributed by atoms with Gasteiger partial charge >= 0.3 is 0 Å². The topological polar surface area (TPSA) is 39.7 Å². The smallest absolute Gasteiger partial charge is 0.142 e. The van der Waals surface area contributed by atoms with Gasteiger partial charge in [0.05, 0.1) is 26.5 Å². The lowest BCUT2D eigenvalue weighted by atomic mass is 10.0. The van der Waals surface area contributed by atoms with Gasteiger partial charge in [-0.2, -0.15) is 0 Å². The molecule has 0 aliphatic carbocycles. The molecule has 2 aromatic carbocycles. The fraction of sp³-hybridized carbons (Fsp3) is 0.400. The Morgan fingerprint density at radius 3 is 2.12 bits per heavy atom. The lowest BCUT2D eigenvalue weighted by Gasteiger charge is -2.18. The summed E-state index contributed by atoms with van der Waals surface area (Å²) in [5.74, 6) is 2.98. The van der Waals surface area contributed by atoms with E-state index in [9.17, 15) is 0 Å². The van der Waals surface area contributed by atoms with Crippen LogP contribution in [-0.4, -0.2) is 26.9 Å². The highest BCUT2D eigenvalue weighted by molar-refractivity contribution is 5.59. The maximum absolute atomic E-state index is 5.97. The zero-order chi connectivity index (χ0) is 17.5. The monoisotopic (exact) mass is 329 g/mol. The molecule has 4 heteroatoms. The average Bonchev–Trinajstić information content (AvgIpc) is 2.60. The molecule has 130 valence electrons. The van der Waals surface area contributed by atoms with Gasteiger partial charge < -0.3 is 19.5 Å². The molecule has 0 saturated carbocycles. The van der Waals surface area contributed by atoms with Crippen molar-refractivity contribution in [3.8, 4) is 17.2 Å². The van der Waals surface area contributed by atoms with E-state index in [2.05, 4.69) is 31.3 Å². The normalized spacial score (nSPS) is 11.9. The predicted octanol–water partition coefficient (Wildman–Crippen LogP) is 4.71.